The number of nitrogens with zero attached hydrogens (tertiary/aromatic N) is 1. The number of anilines is 1. The van der Waals surface area contributed by atoms with Gasteiger partial charge in [0, 0.05) is 23.7 Å². The first-order chi connectivity index (χ1) is 18.7. The van der Waals surface area contributed by atoms with Crippen LogP contribution < -0.4 is 14.4 Å². The Morgan fingerprint density at radius 2 is 1.90 bits per heavy atom. The molecule has 0 aromatic heterocycles. The lowest BCUT2D eigenvalue weighted by atomic mass is 9.68. The molecule has 9 heteroatoms. The third-order valence-corrected chi connectivity index (χ3v) is 10.2. The van der Waals surface area contributed by atoms with E-state index in [1.807, 2.05) is 18.2 Å². The minimum Gasteiger partial charge on any atom is -0.487 e. The first-order valence-corrected chi connectivity index (χ1v) is 16.2. The van der Waals surface area contributed by atoms with Gasteiger partial charge in [0.2, 0.25) is 10.0 Å². The van der Waals surface area contributed by atoms with Gasteiger partial charge in [-0.25, -0.2) is 13.1 Å². The van der Waals surface area contributed by atoms with E-state index in [4.69, 9.17) is 16.3 Å². The summed E-state index contributed by atoms with van der Waals surface area (Å²) in [6.07, 6.45) is 6.29. The molecule has 2 aromatic carbocycles. The molecule has 2 bridgehead atoms. The van der Waals surface area contributed by atoms with Crippen LogP contribution in [0.3, 0.4) is 0 Å². The maximum atomic E-state index is 13.1. The molecule has 212 valence electrons. The number of halogens is 1. The zero-order valence-corrected chi connectivity index (χ0v) is 24.1. The molecule has 3 aliphatic rings. The molecule has 39 heavy (non-hydrogen) atoms. The van der Waals surface area contributed by atoms with Gasteiger partial charge in [-0.1, -0.05) is 24.6 Å². The van der Waals surface area contributed by atoms with Crippen LogP contribution in [-0.4, -0.2) is 44.4 Å². The van der Waals surface area contributed by atoms with E-state index >= 15 is 0 Å². The number of sulfonamides is 1. The van der Waals surface area contributed by atoms with Crippen LogP contribution in [0.25, 0.3) is 0 Å². The van der Waals surface area contributed by atoms with Crippen LogP contribution >= 0.6 is 11.6 Å². The van der Waals surface area contributed by atoms with E-state index in [0.717, 1.165) is 56.4 Å². The maximum absolute atomic E-state index is 13.1. The number of carbonyl (C=O) groups excluding carboxylic acids is 1. The Labute approximate surface area is 236 Å². The largest absolute Gasteiger partial charge is 0.487 e. The highest BCUT2D eigenvalue weighted by atomic mass is 35.5. The van der Waals surface area contributed by atoms with Gasteiger partial charge >= 0.3 is 0 Å². The minimum atomic E-state index is -3.77. The highest BCUT2D eigenvalue weighted by Crippen LogP contribution is 2.42. The highest BCUT2D eigenvalue weighted by Gasteiger charge is 2.38. The summed E-state index contributed by atoms with van der Waals surface area (Å²) in [6, 6.07) is 11.1. The van der Waals surface area contributed by atoms with Gasteiger partial charge in [0.05, 0.1) is 17.5 Å². The predicted molar refractivity (Wildman–Crippen MR) is 154 cm³/mol. The Morgan fingerprint density at radius 1 is 1.05 bits per heavy atom. The molecule has 0 radical (unpaired) electrons. The number of aliphatic hydroxyl groups is 1. The van der Waals surface area contributed by atoms with Gasteiger partial charge < -0.3 is 14.7 Å². The van der Waals surface area contributed by atoms with E-state index in [1.54, 1.807) is 18.2 Å². The molecule has 1 aliphatic carbocycles. The standard InChI is InChI=1S/C30H39ClN2O5S/c1-20-5-4-14-39(36,37)32-30(35)22-9-12-29-27(17-22)33(18-23-8-11-26(23)28(34)15-20)13-3-2-6-21-16-25(31)10-7-24(21)19-38-29/h7,9-10,12,16-17,20,23,26,28,34H,2-6,8,11,13-15,18-19H2,1H3,(H,32,35)/t20-,23-,26+,28+/m0/s1. The van der Waals surface area contributed by atoms with Crippen molar-refractivity contribution < 1.29 is 23.1 Å². The fraction of sp³-hybridized carbons (Fsp3) is 0.567. The summed E-state index contributed by atoms with van der Waals surface area (Å²) in [5.41, 5.74) is 3.34. The Hall–Kier alpha value is -2.29. The lowest BCUT2D eigenvalue weighted by Gasteiger charge is -2.44. The van der Waals surface area contributed by atoms with Crippen molar-refractivity contribution in [2.75, 3.05) is 23.7 Å². The Balaban J connectivity index is 1.51. The smallest absolute Gasteiger partial charge is 0.264 e. The Morgan fingerprint density at radius 3 is 2.69 bits per heavy atom. The average molecular weight is 575 g/mol. The van der Waals surface area contributed by atoms with Crippen LogP contribution in [0.15, 0.2) is 36.4 Å². The van der Waals surface area contributed by atoms with Gasteiger partial charge in [0.1, 0.15) is 12.4 Å². The number of aliphatic hydroxyl groups excluding tert-OH is 1. The quantitative estimate of drug-likeness (QED) is 0.442. The van der Waals surface area contributed by atoms with Gasteiger partial charge in [-0.3, -0.25) is 4.79 Å². The van der Waals surface area contributed by atoms with Crippen molar-refractivity contribution in [3.05, 3.63) is 58.1 Å². The third kappa shape index (κ3) is 6.90. The molecule has 7 nitrogen and oxygen atoms in total. The number of hydrogen-bond acceptors (Lipinski definition) is 6. The third-order valence-electron chi connectivity index (χ3n) is 8.66. The van der Waals surface area contributed by atoms with Crippen LogP contribution in [0.5, 0.6) is 5.75 Å². The van der Waals surface area contributed by atoms with Crippen molar-refractivity contribution in [2.45, 2.75) is 71.0 Å². The molecule has 2 aromatic rings. The van der Waals surface area contributed by atoms with Crippen LogP contribution in [0.1, 0.15) is 73.4 Å². The summed E-state index contributed by atoms with van der Waals surface area (Å²) in [6.45, 7) is 3.97. The number of rotatable bonds is 0. The number of carbonyl (C=O) groups is 1. The number of benzene rings is 2. The second kappa shape index (κ2) is 12.1. The van der Waals surface area contributed by atoms with Gasteiger partial charge in [-0.2, -0.15) is 0 Å². The average Bonchev–Trinajstić information content (AvgIpc) is 2.88. The van der Waals surface area contributed by atoms with Crippen molar-refractivity contribution >= 4 is 33.2 Å². The first kappa shape index (κ1) is 28.2. The van der Waals surface area contributed by atoms with Crippen molar-refractivity contribution in [3.63, 3.8) is 0 Å². The molecular weight excluding hydrogens is 536 g/mol. The van der Waals surface area contributed by atoms with E-state index in [9.17, 15) is 18.3 Å². The molecule has 4 atom stereocenters. The van der Waals surface area contributed by atoms with E-state index in [0.29, 0.717) is 48.1 Å². The Bertz CT molecular complexity index is 1300. The van der Waals surface area contributed by atoms with Crippen molar-refractivity contribution in [1.29, 1.82) is 0 Å². The molecular formula is C30H39ClN2O5S. The monoisotopic (exact) mass is 574 g/mol. The van der Waals surface area contributed by atoms with E-state index in [2.05, 4.69) is 16.5 Å². The molecule has 0 unspecified atom stereocenters. The fourth-order valence-corrected chi connectivity index (χ4v) is 7.51. The topological polar surface area (TPSA) is 95.9 Å². The lowest BCUT2D eigenvalue weighted by molar-refractivity contribution is 0.00167. The van der Waals surface area contributed by atoms with Crippen LogP contribution in [0.2, 0.25) is 5.02 Å². The van der Waals surface area contributed by atoms with Crippen LogP contribution in [-0.2, 0) is 23.1 Å². The maximum Gasteiger partial charge on any atom is 0.264 e. The van der Waals surface area contributed by atoms with E-state index in [-0.39, 0.29) is 17.6 Å². The second-order valence-corrected chi connectivity index (χ2v) is 13.9. The normalized spacial score (nSPS) is 28.0. The minimum absolute atomic E-state index is 0.116. The zero-order chi connectivity index (χ0) is 27.6. The van der Waals surface area contributed by atoms with Crippen molar-refractivity contribution in [1.82, 2.24) is 4.72 Å². The summed E-state index contributed by atoms with van der Waals surface area (Å²) >= 11 is 6.29. The lowest BCUT2D eigenvalue weighted by Crippen LogP contribution is -2.44. The molecule has 0 spiro atoms. The summed E-state index contributed by atoms with van der Waals surface area (Å²) in [7, 11) is -3.77. The van der Waals surface area contributed by atoms with Gasteiger partial charge in [-0.05, 0) is 111 Å². The van der Waals surface area contributed by atoms with Crippen LogP contribution in [0.4, 0.5) is 5.69 Å². The molecule has 1 saturated carbocycles. The highest BCUT2D eigenvalue weighted by molar-refractivity contribution is 7.90. The van der Waals surface area contributed by atoms with Gasteiger partial charge in [-0.15, -0.1) is 0 Å². The van der Waals surface area contributed by atoms with Crippen molar-refractivity contribution in [3.8, 4) is 5.75 Å². The Kier molecular flexibility index (Phi) is 8.74. The molecule has 2 N–H and O–H groups in total. The molecule has 5 rings (SSSR count). The SMILES string of the molecule is C[C@H]1CCCS(=O)(=O)NC(=O)c2ccc3c(c2)N(CCCCc2cc(Cl)ccc2CO3)C[C@@H]2CC[C@H]2[C@H](O)C1. The van der Waals surface area contributed by atoms with Gasteiger partial charge in [0.25, 0.3) is 5.91 Å². The number of ether oxygens (including phenoxy) is 1. The number of aryl methyl sites for hydroxylation is 1. The van der Waals surface area contributed by atoms with Crippen LogP contribution in [0, 0.1) is 17.8 Å². The number of amides is 1. The summed E-state index contributed by atoms with van der Waals surface area (Å²) in [4.78, 5) is 15.4. The van der Waals surface area contributed by atoms with E-state index in [1.165, 1.54) is 5.56 Å². The van der Waals surface area contributed by atoms with E-state index < -0.39 is 22.0 Å². The second-order valence-electron chi connectivity index (χ2n) is 11.6. The molecule has 2 heterocycles. The summed E-state index contributed by atoms with van der Waals surface area (Å²) in [5.74, 6) is 0.707. The first-order valence-electron chi connectivity index (χ1n) is 14.2. The molecule has 2 aliphatic heterocycles. The van der Waals surface area contributed by atoms with Crippen molar-refractivity contribution in [2.24, 2.45) is 17.8 Å². The number of fused-ring (bicyclic) bond motifs is 3. The number of nitrogens with one attached hydrogen (secondary N) is 1. The zero-order valence-electron chi connectivity index (χ0n) is 22.6. The van der Waals surface area contributed by atoms with Gasteiger partial charge in [0.15, 0.2) is 0 Å². The molecule has 1 amide bonds. The molecule has 0 saturated heterocycles. The number of hydrogen-bond donors (Lipinski definition) is 2. The summed E-state index contributed by atoms with van der Waals surface area (Å²) in [5, 5.41) is 11.8. The molecule has 1 fully saturated rings. The fourth-order valence-electron chi connectivity index (χ4n) is 6.27. The predicted octanol–water partition coefficient (Wildman–Crippen LogP) is 5.33. The summed E-state index contributed by atoms with van der Waals surface area (Å²) < 4.78 is 34.0.